The molecule has 2 heterocycles. The zero-order valence-electron chi connectivity index (χ0n) is 18.3. The van der Waals surface area contributed by atoms with Gasteiger partial charge in [-0.3, -0.25) is 9.78 Å². The molecule has 188 valence electrons. The summed E-state index contributed by atoms with van der Waals surface area (Å²) in [6.45, 7) is -0.0521. The predicted molar refractivity (Wildman–Crippen MR) is 132 cm³/mol. The van der Waals surface area contributed by atoms with Crippen LogP contribution >= 0.6 is 24.8 Å². The van der Waals surface area contributed by atoms with Crippen molar-refractivity contribution in [2.75, 3.05) is 13.1 Å². The Morgan fingerprint density at radius 1 is 1.11 bits per heavy atom. The molecule has 2 aromatic carbocycles. The summed E-state index contributed by atoms with van der Waals surface area (Å²) in [6.07, 6.45) is 1.58. The number of rotatable bonds is 8. The van der Waals surface area contributed by atoms with Crippen LogP contribution in [0.15, 0.2) is 77.8 Å². The fraction of sp³-hybridized carbons (Fsp3) is 0.217. The van der Waals surface area contributed by atoms with Crippen molar-refractivity contribution in [1.82, 2.24) is 9.29 Å². The van der Waals surface area contributed by atoms with Gasteiger partial charge in [-0.15, -0.1) is 24.8 Å². The van der Waals surface area contributed by atoms with Crippen molar-refractivity contribution in [2.24, 2.45) is 5.73 Å². The van der Waals surface area contributed by atoms with Crippen LogP contribution in [0.25, 0.3) is 0 Å². The highest BCUT2D eigenvalue weighted by molar-refractivity contribution is 7.89. The minimum absolute atomic E-state index is 0. The lowest BCUT2D eigenvalue weighted by Gasteiger charge is -2.48. The van der Waals surface area contributed by atoms with Gasteiger partial charge in [0.1, 0.15) is 17.6 Å². The zero-order valence-corrected chi connectivity index (χ0v) is 20.7. The standard InChI is InChI=1S/C23H22FN3O5S.2ClH/c24-17-6-4-7-18(13-17)32-23(21-9-1-2-10-26-21)14-27(15-23)33(30,31)19-8-3-5-16(11-19)12-20(25)22(28)29;;/h1-11,13,20H,12,14-15,25H2,(H,28,29);2*1H/t20-;;/m0../s1. The second-order valence-electron chi connectivity index (χ2n) is 7.84. The first-order valence-corrected chi connectivity index (χ1v) is 11.6. The van der Waals surface area contributed by atoms with E-state index in [9.17, 15) is 17.6 Å². The minimum atomic E-state index is -3.90. The second-order valence-corrected chi connectivity index (χ2v) is 9.78. The molecule has 0 aliphatic carbocycles. The van der Waals surface area contributed by atoms with Gasteiger partial charge < -0.3 is 15.6 Å². The lowest BCUT2D eigenvalue weighted by molar-refractivity contribution is -0.138. The van der Waals surface area contributed by atoms with E-state index >= 15 is 0 Å². The number of halogens is 3. The number of carboxylic acids is 1. The van der Waals surface area contributed by atoms with Crippen LogP contribution in [-0.2, 0) is 26.8 Å². The number of pyridine rings is 1. The molecule has 35 heavy (non-hydrogen) atoms. The van der Waals surface area contributed by atoms with Crippen LogP contribution in [-0.4, -0.2) is 47.9 Å². The van der Waals surface area contributed by atoms with Gasteiger partial charge in [-0.05, 0) is 48.4 Å². The van der Waals surface area contributed by atoms with Crippen LogP contribution in [0, 0.1) is 5.82 Å². The van der Waals surface area contributed by atoms with Crippen molar-refractivity contribution < 1.29 is 27.4 Å². The number of aromatic nitrogens is 1. The van der Waals surface area contributed by atoms with Crippen LogP contribution in [0.3, 0.4) is 0 Å². The molecule has 0 bridgehead atoms. The van der Waals surface area contributed by atoms with Crippen LogP contribution in [0.4, 0.5) is 4.39 Å². The molecule has 1 fully saturated rings. The van der Waals surface area contributed by atoms with Gasteiger partial charge in [0.2, 0.25) is 10.0 Å². The first kappa shape index (κ1) is 28.5. The van der Waals surface area contributed by atoms with Gasteiger partial charge in [-0.1, -0.05) is 24.3 Å². The number of carboxylic acid groups (broad SMARTS) is 1. The molecule has 8 nitrogen and oxygen atoms in total. The van der Waals surface area contributed by atoms with Crippen LogP contribution in [0.1, 0.15) is 11.3 Å². The number of hydrogen-bond acceptors (Lipinski definition) is 6. The Bertz CT molecular complexity index is 1270. The fourth-order valence-corrected chi connectivity index (χ4v) is 5.29. The quantitative estimate of drug-likeness (QED) is 0.447. The number of nitrogens with zero attached hydrogens (tertiary/aromatic N) is 2. The Morgan fingerprint density at radius 2 is 1.83 bits per heavy atom. The predicted octanol–water partition coefficient (Wildman–Crippen LogP) is 3.00. The third-order valence-electron chi connectivity index (χ3n) is 5.41. The fourth-order valence-electron chi connectivity index (χ4n) is 3.68. The summed E-state index contributed by atoms with van der Waals surface area (Å²) in [4.78, 5) is 15.4. The highest BCUT2D eigenvalue weighted by Gasteiger charge is 2.53. The normalized spacial score (nSPS) is 15.6. The first-order chi connectivity index (χ1) is 15.7. The number of sulfonamides is 1. The Labute approximate surface area is 214 Å². The van der Waals surface area contributed by atoms with E-state index in [0.29, 0.717) is 11.3 Å². The van der Waals surface area contributed by atoms with Gasteiger partial charge in [-0.25, -0.2) is 12.8 Å². The van der Waals surface area contributed by atoms with E-state index in [0.717, 1.165) is 0 Å². The van der Waals surface area contributed by atoms with Gasteiger partial charge in [0.25, 0.3) is 0 Å². The number of aliphatic carboxylic acids is 1. The highest BCUT2D eigenvalue weighted by Crippen LogP contribution is 2.39. The Kier molecular flexibility index (Phi) is 9.21. The van der Waals surface area contributed by atoms with Gasteiger partial charge in [0.15, 0.2) is 5.60 Å². The van der Waals surface area contributed by atoms with Crippen molar-refractivity contribution in [1.29, 1.82) is 0 Å². The van der Waals surface area contributed by atoms with Crippen LogP contribution < -0.4 is 10.5 Å². The molecule has 3 aromatic rings. The van der Waals surface area contributed by atoms with E-state index in [1.54, 1.807) is 42.6 Å². The molecule has 3 N–H and O–H groups in total. The molecule has 0 saturated carbocycles. The molecular formula is C23H24Cl2FN3O5S. The average Bonchev–Trinajstić information content (AvgIpc) is 2.76. The van der Waals surface area contributed by atoms with Crippen LogP contribution in [0.5, 0.6) is 5.75 Å². The molecule has 4 rings (SSSR count). The third kappa shape index (κ3) is 6.09. The first-order valence-electron chi connectivity index (χ1n) is 10.1. The minimum Gasteiger partial charge on any atom is -0.480 e. The highest BCUT2D eigenvalue weighted by atomic mass is 35.5. The summed E-state index contributed by atoms with van der Waals surface area (Å²) in [7, 11) is -3.90. The molecule has 0 spiro atoms. The maximum absolute atomic E-state index is 13.7. The number of carbonyl (C=O) groups is 1. The SMILES string of the molecule is Cl.Cl.N[C@@H](Cc1cccc(S(=O)(=O)N2CC(Oc3cccc(F)c3)(c3ccccn3)C2)c1)C(=O)O. The molecule has 0 radical (unpaired) electrons. The lowest BCUT2D eigenvalue weighted by Crippen LogP contribution is -2.64. The summed E-state index contributed by atoms with van der Waals surface area (Å²) < 4.78 is 47.5. The monoisotopic (exact) mass is 543 g/mol. The van der Waals surface area contributed by atoms with Gasteiger partial charge in [0.05, 0.1) is 23.7 Å². The Morgan fingerprint density at radius 3 is 2.46 bits per heavy atom. The Hall–Kier alpha value is -2.76. The number of nitrogens with two attached hydrogens (primary N) is 1. The van der Waals surface area contributed by atoms with Crippen molar-refractivity contribution in [3.63, 3.8) is 0 Å². The van der Waals surface area contributed by atoms with E-state index in [1.165, 1.54) is 34.6 Å². The summed E-state index contributed by atoms with van der Waals surface area (Å²) in [5.74, 6) is -1.37. The van der Waals surface area contributed by atoms with Gasteiger partial charge in [0, 0.05) is 12.3 Å². The topological polar surface area (TPSA) is 123 Å². The second kappa shape index (κ2) is 11.3. The molecule has 12 heteroatoms. The molecule has 1 atom stereocenters. The van der Waals surface area contributed by atoms with E-state index in [-0.39, 0.29) is 55.0 Å². The molecule has 1 saturated heterocycles. The molecule has 1 aliphatic rings. The van der Waals surface area contributed by atoms with Gasteiger partial charge >= 0.3 is 5.97 Å². The summed E-state index contributed by atoms with van der Waals surface area (Å²) >= 11 is 0. The molecule has 1 aliphatic heterocycles. The summed E-state index contributed by atoms with van der Waals surface area (Å²) in [6, 6.07) is 15.8. The van der Waals surface area contributed by atoms with E-state index in [4.69, 9.17) is 15.6 Å². The van der Waals surface area contributed by atoms with E-state index in [2.05, 4.69) is 4.98 Å². The number of ether oxygens (including phenoxy) is 1. The third-order valence-corrected chi connectivity index (χ3v) is 7.20. The Balaban J connectivity index is 0.00000216. The lowest BCUT2D eigenvalue weighted by atomic mass is 9.92. The molecule has 0 amide bonds. The number of benzene rings is 2. The maximum Gasteiger partial charge on any atom is 0.320 e. The van der Waals surface area contributed by atoms with E-state index in [1.807, 2.05) is 0 Å². The molecule has 0 unspecified atom stereocenters. The summed E-state index contributed by atoms with van der Waals surface area (Å²) in [5, 5.41) is 9.02. The van der Waals surface area contributed by atoms with Crippen LogP contribution in [0.2, 0.25) is 0 Å². The van der Waals surface area contributed by atoms with Crippen molar-refractivity contribution >= 4 is 40.8 Å². The number of hydrogen-bond donors (Lipinski definition) is 2. The van der Waals surface area contributed by atoms with Gasteiger partial charge in [-0.2, -0.15) is 4.31 Å². The summed E-state index contributed by atoms with van der Waals surface area (Å²) in [5.41, 5.74) is 5.53. The smallest absolute Gasteiger partial charge is 0.320 e. The largest absolute Gasteiger partial charge is 0.480 e. The molecule has 1 aromatic heterocycles. The average molecular weight is 544 g/mol. The van der Waals surface area contributed by atoms with Crippen molar-refractivity contribution in [3.05, 3.63) is 90.0 Å². The van der Waals surface area contributed by atoms with E-state index < -0.39 is 33.5 Å². The zero-order chi connectivity index (χ0) is 23.6. The van der Waals surface area contributed by atoms with Crippen molar-refractivity contribution in [2.45, 2.75) is 23.0 Å². The molecular weight excluding hydrogens is 520 g/mol. The maximum atomic E-state index is 13.7. The van der Waals surface area contributed by atoms with Crippen molar-refractivity contribution in [3.8, 4) is 5.75 Å².